The van der Waals surface area contributed by atoms with Crippen LogP contribution in [0.15, 0.2) is 6.20 Å². The summed E-state index contributed by atoms with van der Waals surface area (Å²) in [5, 5.41) is 4.17. The van der Waals surface area contributed by atoms with Crippen LogP contribution in [0.3, 0.4) is 0 Å². The van der Waals surface area contributed by atoms with E-state index in [2.05, 4.69) is 27.0 Å². The van der Waals surface area contributed by atoms with Gasteiger partial charge in [0.15, 0.2) is 5.13 Å². The summed E-state index contributed by atoms with van der Waals surface area (Å²) in [5.41, 5.74) is 0. The fourth-order valence-electron chi connectivity index (χ4n) is 1.99. The van der Waals surface area contributed by atoms with Crippen molar-refractivity contribution in [2.45, 2.75) is 18.9 Å². The Kier molecular flexibility index (Phi) is 3.96. The first kappa shape index (κ1) is 12.3. The maximum absolute atomic E-state index is 11.3. The van der Waals surface area contributed by atoms with Crippen LogP contribution in [0.25, 0.3) is 0 Å². The first-order valence-electron chi connectivity index (χ1n) is 5.68. The molecule has 94 valence electrons. The van der Waals surface area contributed by atoms with Crippen LogP contribution in [0.4, 0.5) is 5.13 Å². The molecule has 0 aliphatic carbocycles. The van der Waals surface area contributed by atoms with Crippen LogP contribution in [0.2, 0.25) is 0 Å². The van der Waals surface area contributed by atoms with Gasteiger partial charge in [0.05, 0.1) is 13.3 Å². The van der Waals surface area contributed by atoms with Gasteiger partial charge in [-0.05, 0) is 26.4 Å². The van der Waals surface area contributed by atoms with E-state index in [0.29, 0.717) is 10.9 Å². The number of hydrogen-bond donors (Lipinski definition) is 1. The van der Waals surface area contributed by atoms with E-state index in [1.54, 1.807) is 6.20 Å². The van der Waals surface area contributed by atoms with Gasteiger partial charge in [-0.3, -0.25) is 0 Å². The predicted octanol–water partition coefficient (Wildman–Crippen LogP) is 1.44. The number of carbonyl (C=O) groups is 1. The maximum atomic E-state index is 11.3. The minimum absolute atomic E-state index is 0.323. The Bertz CT molecular complexity index is 394. The number of likely N-dealkylation sites (N-methyl/N-ethyl adjacent to an activating group) is 1. The molecule has 1 unspecified atom stereocenters. The number of esters is 1. The van der Waals surface area contributed by atoms with Crippen molar-refractivity contribution in [1.82, 2.24) is 9.88 Å². The number of nitrogens with one attached hydrogen (secondary N) is 1. The highest BCUT2D eigenvalue weighted by molar-refractivity contribution is 7.17. The normalized spacial score (nSPS) is 21.2. The molecule has 2 heterocycles. The summed E-state index contributed by atoms with van der Waals surface area (Å²) in [6, 6.07) is 0.422. The number of rotatable bonds is 3. The van der Waals surface area contributed by atoms with Crippen molar-refractivity contribution in [3.05, 3.63) is 11.1 Å². The number of hydrogen-bond acceptors (Lipinski definition) is 6. The zero-order valence-electron chi connectivity index (χ0n) is 10.1. The smallest absolute Gasteiger partial charge is 0.349 e. The molecule has 1 saturated heterocycles. The molecule has 0 radical (unpaired) electrons. The van der Waals surface area contributed by atoms with E-state index in [0.717, 1.165) is 24.6 Å². The number of carbonyl (C=O) groups excluding carboxylic acids is 1. The third kappa shape index (κ3) is 3.17. The van der Waals surface area contributed by atoms with Crippen molar-refractivity contribution in [1.29, 1.82) is 0 Å². The van der Waals surface area contributed by atoms with Crippen LogP contribution in [-0.4, -0.2) is 49.1 Å². The average molecular weight is 255 g/mol. The minimum atomic E-state index is -0.323. The fourth-order valence-corrected chi connectivity index (χ4v) is 2.81. The number of anilines is 1. The lowest BCUT2D eigenvalue weighted by atomic mass is 10.1. The van der Waals surface area contributed by atoms with Crippen molar-refractivity contribution >= 4 is 22.4 Å². The summed E-state index contributed by atoms with van der Waals surface area (Å²) in [4.78, 5) is 18.3. The molecule has 6 heteroatoms. The van der Waals surface area contributed by atoms with E-state index in [9.17, 15) is 4.79 Å². The molecular formula is C11H17N3O2S. The van der Waals surface area contributed by atoms with Crippen molar-refractivity contribution in [3.63, 3.8) is 0 Å². The Morgan fingerprint density at radius 3 is 3.24 bits per heavy atom. The van der Waals surface area contributed by atoms with Gasteiger partial charge in [0.25, 0.3) is 0 Å². The average Bonchev–Trinajstić information content (AvgIpc) is 2.76. The quantitative estimate of drug-likeness (QED) is 0.828. The number of likely N-dealkylation sites (tertiary alicyclic amines) is 1. The predicted molar refractivity (Wildman–Crippen MR) is 67.6 cm³/mol. The van der Waals surface area contributed by atoms with E-state index >= 15 is 0 Å². The Morgan fingerprint density at radius 1 is 1.71 bits per heavy atom. The molecule has 1 aromatic rings. The van der Waals surface area contributed by atoms with E-state index in [1.165, 1.54) is 24.9 Å². The summed E-state index contributed by atoms with van der Waals surface area (Å²) in [5.74, 6) is -0.323. The Balaban J connectivity index is 1.94. The van der Waals surface area contributed by atoms with Gasteiger partial charge in [-0.25, -0.2) is 9.78 Å². The molecule has 1 atom stereocenters. The highest BCUT2D eigenvalue weighted by Gasteiger charge is 2.18. The summed E-state index contributed by atoms with van der Waals surface area (Å²) in [6.45, 7) is 2.18. The molecule has 0 amide bonds. The van der Waals surface area contributed by atoms with Crippen molar-refractivity contribution in [2.75, 3.05) is 32.6 Å². The minimum Gasteiger partial charge on any atom is -0.465 e. The zero-order chi connectivity index (χ0) is 12.3. The zero-order valence-corrected chi connectivity index (χ0v) is 10.9. The van der Waals surface area contributed by atoms with E-state index in [4.69, 9.17) is 0 Å². The van der Waals surface area contributed by atoms with Gasteiger partial charge in [-0.15, -0.1) is 0 Å². The Labute approximate surface area is 105 Å². The van der Waals surface area contributed by atoms with Gasteiger partial charge in [-0.1, -0.05) is 11.3 Å². The lowest BCUT2D eigenvalue weighted by Crippen LogP contribution is -2.39. The number of nitrogens with zero attached hydrogens (tertiary/aromatic N) is 2. The largest absolute Gasteiger partial charge is 0.465 e. The first-order chi connectivity index (χ1) is 8.19. The van der Waals surface area contributed by atoms with Gasteiger partial charge >= 0.3 is 5.97 Å². The molecule has 1 aliphatic rings. The monoisotopic (exact) mass is 255 g/mol. The number of methoxy groups -OCH3 is 1. The fraction of sp³-hybridized carbons (Fsp3) is 0.636. The molecule has 17 heavy (non-hydrogen) atoms. The maximum Gasteiger partial charge on any atom is 0.349 e. The van der Waals surface area contributed by atoms with E-state index in [1.807, 2.05) is 0 Å². The first-order valence-corrected chi connectivity index (χ1v) is 6.50. The molecule has 0 spiro atoms. The lowest BCUT2D eigenvalue weighted by Gasteiger charge is -2.29. The van der Waals surface area contributed by atoms with Gasteiger partial charge in [-0.2, -0.15) is 0 Å². The van der Waals surface area contributed by atoms with Crippen LogP contribution in [0, 0.1) is 0 Å². The van der Waals surface area contributed by atoms with Crippen molar-refractivity contribution in [3.8, 4) is 0 Å². The molecular weight excluding hydrogens is 238 g/mol. The highest BCUT2D eigenvalue weighted by Crippen LogP contribution is 2.21. The molecule has 0 bridgehead atoms. The standard InChI is InChI=1S/C11H17N3O2S/c1-14-5-3-4-8(7-14)13-11-12-6-9(17-11)10(15)16-2/h6,8H,3-5,7H2,1-2H3,(H,12,13). The molecule has 1 aromatic heterocycles. The number of thiazole rings is 1. The second-order valence-corrected chi connectivity index (χ2v) is 5.30. The summed E-state index contributed by atoms with van der Waals surface area (Å²) < 4.78 is 4.65. The molecule has 5 nitrogen and oxygen atoms in total. The van der Waals surface area contributed by atoms with Gasteiger partial charge in [0.1, 0.15) is 4.88 Å². The third-order valence-electron chi connectivity index (χ3n) is 2.84. The molecule has 0 saturated carbocycles. The van der Waals surface area contributed by atoms with Gasteiger partial charge in [0.2, 0.25) is 0 Å². The van der Waals surface area contributed by atoms with Crippen LogP contribution < -0.4 is 5.32 Å². The van der Waals surface area contributed by atoms with Gasteiger partial charge in [0, 0.05) is 12.6 Å². The van der Waals surface area contributed by atoms with Crippen LogP contribution in [-0.2, 0) is 4.74 Å². The number of piperidine rings is 1. The molecule has 1 N–H and O–H groups in total. The number of ether oxygens (including phenoxy) is 1. The molecule has 1 fully saturated rings. The second-order valence-electron chi connectivity index (χ2n) is 4.27. The molecule has 1 aliphatic heterocycles. The van der Waals surface area contributed by atoms with Gasteiger partial charge < -0.3 is 15.0 Å². The van der Waals surface area contributed by atoms with Crippen molar-refractivity contribution in [2.24, 2.45) is 0 Å². The SMILES string of the molecule is COC(=O)c1cnc(NC2CCCN(C)C2)s1. The highest BCUT2D eigenvalue weighted by atomic mass is 32.1. The lowest BCUT2D eigenvalue weighted by molar-refractivity contribution is 0.0606. The molecule has 2 rings (SSSR count). The third-order valence-corrected chi connectivity index (χ3v) is 3.75. The summed E-state index contributed by atoms with van der Waals surface area (Å²) >= 11 is 1.35. The van der Waals surface area contributed by atoms with Crippen LogP contribution in [0.1, 0.15) is 22.5 Å². The summed E-state index contributed by atoms with van der Waals surface area (Å²) in [6.07, 6.45) is 3.91. The topological polar surface area (TPSA) is 54.5 Å². The van der Waals surface area contributed by atoms with Crippen molar-refractivity contribution < 1.29 is 9.53 Å². The molecule has 0 aromatic carbocycles. The second kappa shape index (κ2) is 5.46. The Morgan fingerprint density at radius 2 is 2.53 bits per heavy atom. The Hall–Kier alpha value is -1.14. The van der Waals surface area contributed by atoms with Crippen LogP contribution in [0.5, 0.6) is 0 Å². The van der Waals surface area contributed by atoms with Crippen LogP contribution >= 0.6 is 11.3 Å². The number of aromatic nitrogens is 1. The van der Waals surface area contributed by atoms with E-state index in [-0.39, 0.29) is 5.97 Å². The summed E-state index contributed by atoms with van der Waals surface area (Å²) in [7, 11) is 3.50. The van der Waals surface area contributed by atoms with E-state index < -0.39 is 0 Å².